The minimum absolute atomic E-state index is 0.0189. The van der Waals surface area contributed by atoms with E-state index in [1.54, 1.807) is 0 Å². The molecule has 0 aromatic rings. The Balaban J connectivity index is 3.53. The first-order valence-corrected chi connectivity index (χ1v) is 6.09. The highest BCUT2D eigenvalue weighted by Gasteiger charge is 2.22. The number of nitrogens with one attached hydrogen (secondary N) is 1. The van der Waals surface area contributed by atoms with Gasteiger partial charge in [-0.15, -0.1) is 0 Å². The van der Waals surface area contributed by atoms with Crippen LogP contribution in [0.25, 0.3) is 0 Å². The van der Waals surface area contributed by atoms with Crippen LogP contribution in [0, 0.1) is 5.41 Å². The average molecular weight is 246 g/mol. The Morgan fingerprint density at radius 2 is 2.06 bits per heavy atom. The molecule has 0 heterocycles. The second kappa shape index (κ2) is 8.44. The highest BCUT2D eigenvalue weighted by Crippen LogP contribution is 2.19. The van der Waals surface area contributed by atoms with Gasteiger partial charge in [-0.3, -0.25) is 4.79 Å². The number of hydrogen-bond donors (Lipinski definition) is 3. The van der Waals surface area contributed by atoms with Crippen LogP contribution in [0.4, 0.5) is 0 Å². The zero-order valence-corrected chi connectivity index (χ0v) is 11.2. The smallest absolute Gasteiger partial charge is 0.221 e. The first-order chi connectivity index (χ1) is 7.88. The molecule has 17 heavy (non-hydrogen) atoms. The van der Waals surface area contributed by atoms with Crippen LogP contribution in [0.5, 0.6) is 0 Å². The summed E-state index contributed by atoms with van der Waals surface area (Å²) in [6.07, 6.45) is 1.09. The van der Waals surface area contributed by atoms with Crippen molar-refractivity contribution in [2.75, 3.05) is 26.4 Å². The van der Waals surface area contributed by atoms with Crippen LogP contribution >= 0.6 is 0 Å². The minimum atomic E-state index is -0.131. The van der Waals surface area contributed by atoms with Crippen molar-refractivity contribution >= 4 is 5.91 Å². The van der Waals surface area contributed by atoms with Gasteiger partial charge in [0, 0.05) is 25.6 Å². The third-order valence-corrected chi connectivity index (χ3v) is 2.54. The zero-order chi connectivity index (χ0) is 13.3. The van der Waals surface area contributed by atoms with E-state index < -0.39 is 0 Å². The van der Waals surface area contributed by atoms with E-state index in [1.807, 2.05) is 20.8 Å². The number of ether oxygens (including phenoxy) is 1. The SMILES string of the molecule is CC(C)(C)C(N)CC(=O)NCCCOCCO. The fraction of sp³-hybridized carbons (Fsp3) is 0.917. The summed E-state index contributed by atoms with van der Waals surface area (Å²) in [5.74, 6) is -0.0189. The maximum atomic E-state index is 11.5. The Bertz CT molecular complexity index is 214. The fourth-order valence-corrected chi connectivity index (χ4v) is 1.15. The van der Waals surface area contributed by atoms with E-state index in [1.165, 1.54) is 0 Å². The molecule has 0 aromatic carbocycles. The van der Waals surface area contributed by atoms with Gasteiger partial charge in [-0.2, -0.15) is 0 Å². The van der Waals surface area contributed by atoms with E-state index in [0.717, 1.165) is 6.42 Å². The summed E-state index contributed by atoms with van der Waals surface area (Å²) in [6.45, 7) is 7.58. The summed E-state index contributed by atoms with van der Waals surface area (Å²) in [5, 5.41) is 11.3. The number of aliphatic hydroxyl groups is 1. The number of hydrogen-bond acceptors (Lipinski definition) is 4. The minimum Gasteiger partial charge on any atom is -0.394 e. The highest BCUT2D eigenvalue weighted by molar-refractivity contribution is 5.76. The number of rotatable bonds is 8. The summed E-state index contributed by atoms with van der Waals surface area (Å²) < 4.78 is 5.07. The fourth-order valence-electron chi connectivity index (χ4n) is 1.15. The lowest BCUT2D eigenvalue weighted by molar-refractivity contribution is -0.122. The topological polar surface area (TPSA) is 84.6 Å². The van der Waals surface area contributed by atoms with Gasteiger partial charge in [0.1, 0.15) is 0 Å². The molecule has 5 nitrogen and oxygen atoms in total. The van der Waals surface area contributed by atoms with Crippen LogP contribution in [-0.2, 0) is 9.53 Å². The summed E-state index contributed by atoms with van der Waals surface area (Å²) in [6, 6.07) is -0.131. The van der Waals surface area contributed by atoms with Gasteiger partial charge in [0.05, 0.1) is 13.2 Å². The molecule has 102 valence electrons. The number of carbonyl (C=O) groups excluding carboxylic acids is 1. The molecule has 5 heteroatoms. The van der Waals surface area contributed by atoms with Crippen molar-refractivity contribution in [1.29, 1.82) is 0 Å². The molecule has 1 unspecified atom stereocenters. The molecule has 0 aliphatic heterocycles. The highest BCUT2D eigenvalue weighted by atomic mass is 16.5. The van der Waals surface area contributed by atoms with Crippen LogP contribution in [0.1, 0.15) is 33.6 Å². The molecule has 1 atom stereocenters. The standard InChI is InChI=1S/C12H26N2O3/c1-12(2,3)10(13)9-11(16)14-5-4-7-17-8-6-15/h10,15H,4-9,13H2,1-3H3,(H,14,16). The predicted octanol–water partition coefficient (Wildman–Crippen LogP) is 0.265. The lowest BCUT2D eigenvalue weighted by atomic mass is 9.85. The van der Waals surface area contributed by atoms with Gasteiger partial charge < -0.3 is 20.9 Å². The van der Waals surface area contributed by atoms with Crippen molar-refractivity contribution in [3.05, 3.63) is 0 Å². The van der Waals surface area contributed by atoms with Crippen LogP contribution in [0.15, 0.2) is 0 Å². The molecule has 0 fully saturated rings. The van der Waals surface area contributed by atoms with Crippen molar-refractivity contribution < 1.29 is 14.6 Å². The molecule has 4 N–H and O–H groups in total. The Morgan fingerprint density at radius 1 is 1.41 bits per heavy atom. The zero-order valence-electron chi connectivity index (χ0n) is 11.2. The molecular weight excluding hydrogens is 220 g/mol. The first-order valence-electron chi connectivity index (χ1n) is 6.09. The second-order valence-corrected chi connectivity index (χ2v) is 5.22. The summed E-state index contributed by atoms with van der Waals surface area (Å²) in [5.41, 5.74) is 5.85. The lowest BCUT2D eigenvalue weighted by Gasteiger charge is -2.26. The normalized spacial score (nSPS) is 13.5. The summed E-state index contributed by atoms with van der Waals surface area (Å²) in [4.78, 5) is 11.5. The van der Waals surface area contributed by atoms with Gasteiger partial charge in [0.15, 0.2) is 0 Å². The van der Waals surface area contributed by atoms with Crippen LogP contribution in [0.3, 0.4) is 0 Å². The first kappa shape index (κ1) is 16.4. The maximum absolute atomic E-state index is 11.5. The van der Waals surface area contributed by atoms with E-state index in [9.17, 15) is 4.79 Å². The molecule has 0 saturated carbocycles. The van der Waals surface area contributed by atoms with Gasteiger partial charge in [-0.05, 0) is 11.8 Å². The largest absolute Gasteiger partial charge is 0.394 e. The van der Waals surface area contributed by atoms with Crippen LogP contribution < -0.4 is 11.1 Å². The molecular formula is C12H26N2O3. The number of carbonyl (C=O) groups is 1. The van der Waals surface area contributed by atoms with E-state index in [-0.39, 0.29) is 24.0 Å². The van der Waals surface area contributed by atoms with Gasteiger partial charge in [-0.25, -0.2) is 0 Å². The van der Waals surface area contributed by atoms with E-state index >= 15 is 0 Å². The molecule has 0 rings (SSSR count). The molecule has 0 saturated heterocycles. The van der Waals surface area contributed by atoms with Crippen molar-refractivity contribution in [2.24, 2.45) is 11.1 Å². The van der Waals surface area contributed by atoms with Crippen molar-refractivity contribution in [3.8, 4) is 0 Å². The molecule has 0 aliphatic rings. The van der Waals surface area contributed by atoms with Gasteiger partial charge in [0.25, 0.3) is 0 Å². The van der Waals surface area contributed by atoms with Crippen LogP contribution in [0.2, 0.25) is 0 Å². The van der Waals surface area contributed by atoms with E-state index in [2.05, 4.69) is 5.32 Å². The maximum Gasteiger partial charge on any atom is 0.221 e. The Hall–Kier alpha value is -0.650. The Labute approximate surface area is 104 Å². The number of amides is 1. The lowest BCUT2D eigenvalue weighted by Crippen LogP contribution is -2.40. The van der Waals surface area contributed by atoms with Crippen molar-refractivity contribution in [2.45, 2.75) is 39.7 Å². The van der Waals surface area contributed by atoms with Gasteiger partial charge >= 0.3 is 0 Å². The summed E-state index contributed by atoms with van der Waals surface area (Å²) in [7, 11) is 0. The number of aliphatic hydroxyl groups excluding tert-OH is 1. The molecule has 0 aliphatic carbocycles. The van der Waals surface area contributed by atoms with Crippen LogP contribution in [-0.4, -0.2) is 43.4 Å². The predicted molar refractivity (Wildman–Crippen MR) is 67.6 cm³/mol. The van der Waals surface area contributed by atoms with Gasteiger partial charge in [-0.1, -0.05) is 20.8 Å². The number of nitrogens with two attached hydrogens (primary N) is 1. The monoisotopic (exact) mass is 246 g/mol. The Kier molecular flexibility index (Phi) is 8.12. The molecule has 0 aromatic heterocycles. The average Bonchev–Trinajstić information content (AvgIpc) is 2.21. The molecule has 0 radical (unpaired) electrons. The summed E-state index contributed by atoms with van der Waals surface area (Å²) >= 11 is 0. The molecule has 0 spiro atoms. The second-order valence-electron chi connectivity index (χ2n) is 5.22. The third kappa shape index (κ3) is 9.09. The van der Waals surface area contributed by atoms with Gasteiger partial charge in [0.2, 0.25) is 5.91 Å². The third-order valence-electron chi connectivity index (χ3n) is 2.54. The molecule has 1 amide bonds. The van der Waals surface area contributed by atoms with Crippen molar-refractivity contribution in [1.82, 2.24) is 5.32 Å². The van der Waals surface area contributed by atoms with Crippen molar-refractivity contribution in [3.63, 3.8) is 0 Å². The quantitative estimate of drug-likeness (QED) is 0.537. The Morgan fingerprint density at radius 3 is 2.59 bits per heavy atom. The van der Waals surface area contributed by atoms with E-state index in [4.69, 9.17) is 15.6 Å². The molecule has 0 bridgehead atoms. The van der Waals surface area contributed by atoms with E-state index in [0.29, 0.717) is 26.2 Å².